The summed E-state index contributed by atoms with van der Waals surface area (Å²) in [4.78, 5) is 11.8. The number of Topliss-reactive ketones (excluding diaryl/α,β-unsaturated/α-hetero) is 1. The van der Waals surface area contributed by atoms with Crippen LogP contribution >= 0.6 is 0 Å². The molecule has 1 aliphatic carbocycles. The van der Waals surface area contributed by atoms with E-state index in [-0.39, 0.29) is 11.3 Å². The van der Waals surface area contributed by atoms with E-state index in [2.05, 4.69) is 6.92 Å². The Morgan fingerprint density at radius 3 is 2.42 bits per heavy atom. The summed E-state index contributed by atoms with van der Waals surface area (Å²) in [5, 5.41) is 0. The van der Waals surface area contributed by atoms with Crippen LogP contribution in [0.3, 0.4) is 0 Å². The van der Waals surface area contributed by atoms with E-state index in [9.17, 15) is 4.79 Å². The van der Waals surface area contributed by atoms with Gasteiger partial charge in [0.25, 0.3) is 0 Å². The van der Waals surface area contributed by atoms with E-state index < -0.39 is 0 Å². The number of rotatable bonds is 4. The van der Waals surface area contributed by atoms with Crippen molar-refractivity contribution in [2.24, 2.45) is 17.1 Å². The lowest BCUT2D eigenvalue weighted by atomic mass is 9.63. The third-order valence-electron chi connectivity index (χ3n) is 3.28. The van der Waals surface area contributed by atoms with E-state index in [1.165, 1.54) is 6.42 Å². The molecule has 0 spiro atoms. The Morgan fingerprint density at radius 1 is 1.58 bits per heavy atom. The predicted molar refractivity (Wildman–Crippen MR) is 49.8 cm³/mol. The number of hydrogen-bond donors (Lipinski definition) is 1. The minimum absolute atomic E-state index is 0.116. The van der Waals surface area contributed by atoms with Crippen molar-refractivity contribution in [1.82, 2.24) is 0 Å². The van der Waals surface area contributed by atoms with Gasteiger partial charge in [0, 0.05) is 17.9 Å². The maximum atomic E-state index is 11.8. The van der Waals surface area contributed by atoms with Gasteiger partial charge in [-0.1, -0.05) is 20.3 Å². The molecule has 1 rings (SSSR count). The lowest BCUT2D eigenvalue weighted by molar-refractivity contribution is -0.136. The van der Waals surface area contributed by atoms with Gasteiger partial charge in [-0.25, -0.2) is 0 Å². The van der Waals surface area contributed by atoms with E-state index in [1.54, 1.807) is 0 Å². The zero-order valence-electron chi connectivity index (χ0n) is 8.10. The van der Waals surface area contributed by atoms with Gasteiger partial charge < -0.3 is 5.73 Å². The third-order valence-corrected chi connectivity index (χ3v) is 3.28. The molecule has 0 saturated heterocycles. The molecule has 0 bridgehead atoms. The lowest BCUT2D eigenvalue weighted by Gasteiger charge is -2.40. The average molecular weight is 169 g/mol. The van der Waals surface area contributed by atoms with Crippen LogP contribution in [-0.4, -0.2) is 12.3 Å². The number of ketones is 1. The van der Waals surface area contributed by atoms with Gasteiger partial charge in [0.1, 0.15) is 5.78 Å². The molecular formula is C10H19NO. The number of nitrogens with two attached hydrogens (primary N) is 1. The van der Waals surface area contributed by atoms with Crippen LogP contribution in [0.25, 0.3) is 0 Å². The van der Waals surface area contributed by atoms with Crippen LogP contribution in [0.5, 0.6) is 0 Å². The molecule has 1 saturated carbocycles. The van der Waals surface area contributed by atoms with Crippen molar-refractivity contribution < 1.29 is 4.79 Å². The number of hydrogen-bond acceptors (Lipinski definition) is 2. The molecular weight excluding hydrogens is 150 g/mol. The monoisotopic (exact) mass is 169 g/mol. The van der Waals surface area contributed by atoms with E-state index in [0.717, 1.165) is 19.3 Å². The van der Waals surface area contributed by atoms with Crippen LogP contribution in [0, 0.1) is 11.3 Å². The van der Waals surface area contributed by atoms with Gasteiger partial charge in [-0.05, 0) is 19.3 Å². The SMILES string of the molecule is CCC(C)C(=O)C1(CN)CCC1. The fraction of sp³-hybridized carbons (Fsp3) is 0.900. The molecule has 0 heterocycles. The highest BCUT2D eigenvalue weighted by Gasteiger charge is 2.43. The van der Waals surface area contributed by atoms with E-state index in [4.69, 9.17) is 5.73 Å². The largest absolute Gasteiger partial charge is 0.329 e. The molecule has 2 nitrogen and oxygen atoms in total. The van der Waals surface area contributed by atoms with E-state index in [1.807, 2.05) is 6.92 Å². The quantitative estimate of drug-likeness (QED) is 0.696. The van der Waals surface area contributed by atoms with Crippen LogP contribution in [0.15, 0.2) is 0 Å². The van der Waals surface area contributed by atoms with Gasteiger partial charge in [-0.15, -0.1) is 0 Å². The molecule has 0 aromatic carbocycles. The molecule has 0 radical (unpaired) electrons. The Bertz CT molecular complexity index is 167. The van der Waals surface area contributed by atoms with Crippen molar-refractivity contribution >= 4 is 5.78 Å². The Kier molecular flexibility index (Phi) is 2.89. The fourth-order valence-corrected chi connectivity index (χ4v) is 1.86. The predicted octanol–water partition coefficient (Wildman–Crippen LogP) is 1.73. The zero-order valence-corrected chi connectivity index (χ0v) is 8.10. The second-order valence-corrected chi connectivity index (χ2v) is 4.01. The fourth-order valence-electron chi connectivity index (χ4n) is 1.86. The molecule has 12 heavy (non-hydrogen) atoms. The van der Waals surface area contributed by atoms with Gasteiger partial charge in [0.15, 0.2) is 0 Å². The Balaban J connectivity index is 2.60. The number of carbonyl (C=O) groups is 1. The van der Waals surface area contributed by atoms with E-state index >= 15 is 0 Å². The molecule has 0 aromatic rings. The van der Waals surface area contributed by atoms with Crippen LogP contribution < -0.4 is 5.73 Å². The highest BCUT2D eigenvalue weighted by molar-refractivity contribution is 5.87. The van der Waals surface area contributed by atoms with Gasteiger partial charge in [0.05, 0.1) is 0 Å². The lowest BCUT2D eigenvalue weighted by Crippen LogP contribution is -2.46. The van der Waals surface area contributed by atoms with Gasteiger partial charge in [-0.2, -0.15) is 0 Å². The van der Waals surface area contributed by atoms with Crippen molar-refractivity contribution in [3.63, 3.8) is 0 Å². The zero-order chi connectivity index (χ0) is 9.19. The van der Waals surface area contributed by atoms with Crippen molar-refractivity contribution in [3.05, 3.63) is 0 Å². The standard InChI is InChI=1S/C10H19NO/c1-3-8(2)9(12)10(7-11)5-4-6-10/h8H,3-7,11H2,1-2H3. The topological polar surface area (TPSA) is 43.1 Å². The maximum Gasteiger partial charge on any atom is 0.143 e. The van der Waals surface area contributed by atoms with Crippen molar-refractivity contribution in [2.75, 3.05) is 6.54 Å². The Labute approximate surface area is 74.5 Å². The first-order valence-corrected chi connectivity index (χ1v) is 4.90. The second kappa shape index (κ2) is 3.56. The third kappa shape index (κ3) is 1.40. The number of carbonyl (C=O) groups excluding carboxylic acids is 1. The van der Waals surface area contributed by atoms with Gasteiger partial charge in [-0.3, -0.25) is 4.79 Å². The second-order valence-electron chi connectivity index (χ2n) is 4.01. The Morgan fingerprint density at radius 2 is 2.17 bits per heavy atom. The van der Waals surface area contributed by atoms with Crippen LogP contribution in [0.1, 0.15) is 39.5 Å². The highest BCUT2D eigenvalue weighted by Crippen LogP contribution is 2.42. The molecule has 0 aliphatic heterocycles. The minimum Gasteiger partial charge on any atom is -0.329 e. The molecule has 1 aliphatic rings. The van der Waals surface area contributed by atoms with Crippen LogP contribution in [0.4, 0.5) is 0 Å². The molecule has 0 amide bonds. The molecule has 1 unspecified atom stereocenters. The summed E-state index contributed by atoms with van der Waals surface area (Å²) >= 11 is 0. The van der Waals surface area contributed by atoms with E-state index in [0.29, 0.717) is 12.3 Å². The summed E-state index contributed by atoms with van der Waals surface area (Å²) in [6.07, 6.45) is 4.17. The normalized spacial score (nSPS) is 22.9. The molecule has 2 N–H and O–H groups in total. The summed E-state index contributed by atoms with van der Waals surface area (Å²) in [6, 6.07) is 0. The van der Waals surface area contributed by atoms with Crippen molar-refractivity contribution in [2.45, 2.75) is 39.5 Å². The summed E-state index contributed by atoms with van der Waals surface area (Å²) in [5.41, 5.74) is 5.53. The smallest absolute Gasteiger partial charge is 0.143 e. The minimum atomic E-state index is -0.116. The first kappa shape index (κ1) is 9.72. The average Bonchev–Trinajstić information content (AvgIpc) is 2.02. The Hall–Kier alpha value is -0.370. The molecule has 1 atom stereocenters. The first-order chi connectivity index (χ1) is 5.66. The molecule has 0 aromatic heterocycles. The maximum absolute atomic E-state index is 11.8. The molecule has 1 fully saturated rings. The first-order valence-electron chi connectivity index (χ1n) is 4.90. The van der Waals surface area contributed by atoms with Gasteiger partial charge >= 0.3 is 0 Å². The summed E-state index contributed by atoms with van der Waals surface area (Å²) in [7, 11) is 0. The summed E-state index contributed by atoms with van der Waals surface area (Å²) in [5.74, 6) is 0.604. The van der Waals surface area contributed by atoms with Crippen LogP contribution in [-0.2, 0) is 4.79 Å². The summed E-state index contributed by atoms with van der Waals surface area (Å²) in [6.45, 7) is 4.62. The van der Waals surface area contributed by atoms with Crippen molar-refractivity contribution in [1.29, 1.82) is 0 Å². The molecule has 70 valence electrons. The molecule has 2 heteroatoms. The van der Waals surface area contributed by atoms with Gasteiger partial charge in [0.2, 0.25) is 0 Å². The van der Waals surface area contributed by atoms with Crippen molar-refractivity contribution in [3.8, 4) is 0 Å². The summed E-state index contributed by atoms with van der Waals surface area (Å²) < 4.78 is 0. The van der Waals surface area contributed by atoms with Crippen LogP contribution in [0.2, 0.25) is 0 Å². The highest BCUT2D eigenvalue weighted by atomic mass is 16.1.